The minimum atomic E-state index is -1.04. The minimum Gasteiger partial charge on any atom is -0.493 e. The summed E-state index contributed by atoms with van der Waals surface area (Å²) in [6.45, 7) is 10.4. The number of carbonyl (C=O) groups is 1. The van der Waals surface area contributed by atoms with E-state index in [0.29, 0.717) is 60.6 Å². The van der Waals surface area contributed by atoms with Crippen LogP contribution in [0.2, 0.25) is 0 Å². The minimum absolute atomic E-state index is 0. The zero-order valence-corrected chi connectivity index (χ0v) is 30.3. The number of benzene rings is 3. The molecule has 1 aliphatic rings. The van der Waals surface area contributed by atoms with Gasteiger partial charge in [0.15, 0.2) is 23.1 Å². The van der Waals surface area contributed by atoms with E-state index in [1.165, 1.54) is 55.9 Å². The van der Waals surface area contributed by atoms with Crippen molar-refractivity contribution >= 4 is 34.0 Å². The van der Waals surface area contributed by atoms with E-state index in [2.05, 4.69) is 39.0 Å². The number of ether oxygens (including phenoxy) is 3. The van der Waals surface area contributed by atoms with Gasteiger partial charge in [0.1, 0.15) is 23.4 Å². The zero-order chi connectivity index (χ0) is 32.7. The molecule has 0 spiro atoms. The molecule has 0 bridgehead atoms. The molecule has 3 N–H and O–H groups in total. The van der Waals surface area contributed by atoms with Crippen LogP contribution in [0, 0.1) is 62.0 Å². The largest absolute Gasteiger partial charge is 2.00 e. The second-order valence-electron chi connectivity index (χ2n) is 10.9. The quantitative estimate of drug-likeness (QED) is 0.0661. The van der Waals surface area contributed by atoms with Crippen molar-refractivity contribution in [1.29, 1.82) is 0 Å². The number of fused-ring (bicyclic) bond motifs is 1. The van der Waals surface area contributed by atoms with Crippen molar-refractivity contribution in [1.82, 2.24) is 14.9 Å². The van der Waals surface area contributed by atoms with Crippen molar-refractivity contribution in [2.24, 2.45) is 16.1 Å². The molecule has 4 aromatic rings. The molecule has 0 atom stereocenters. The number of hydrogen-bond donors (Lipinski definition) is 2. The molecule has 1 aromatic heterocycles. The van der Waals surface area contributed by atoms with Gasteiger partial charge in [-0.3, -0.25) is 4.79 Å². The summed E-state index contributed by atoms with van der Waals surface area (Å²) in [7, 11) is 1.52. The molecule has 0 aliphatic heterocycles. The Morgan fingerprint density at radius 3 is 2.43 bits per heavy atom. The molecule has 1 heterocycles. The molecule has 244 valence electrons. The van der Waals surface area contributed by atoms with E-state index in [0.717, 1.165) is 19.4 Å². The van der Waals surface area contributed by atoms with E-state index >= 15 is 4.39 Å². The third-order valence-corrected chi connectivity index (χ3v) is 8.00. The summed E-state index contributed by atoms with van der Waals surface area (Å²) in [4.78, 5) is 28.2. The molecule has 1 amide bonds. The molecule has 1 fully saturated rings. The third kappa shape index (κ3) is 8.39. The maximum Gasteiger partial charge on any atom is 2.00 e. The Morgan fingerprint density at radius 1 is 1.04 bits per heavy atom. The number of amides is 1. The van der Waals surface area contributed by atoms with Crippen molar-refractivity contribution in [3.8, 4) is 23.1 Å². The van der Waals surface area contributed by atoms with Crippen LogP contribution in [0.4, 0.5) is 20.2 Å². The fraction of sp³-hybridized carbons (Fsp3) is 0.294. The maximum atomic E-state index is 15.3. The SMILES string of the molecule is [CH2-]CN(C[CH2-])CCCOc1cc2ncnc(Oc3ccc(N=C(N)C4(C(=O)Nc5ccc(F)cc5)CCC4)cc3F)c2cc1OC.[U+2]. The summed E-state index contributed by atoms with van der Waals surface area (Å²) < 4.78 is 46.0. The molecule has 0 saturated heterocycles. The molecule has 1 saturated carbocycles. The molecule has 0 unspecified atom stereocenters. The van der Waals surface area contributed by atoms with E-state index in [9.17, 15) is 9.18 Å². The Labute approximate surface area is 296 Å². The number of aromatic nitrogens is 2. The van der Waals surface area contributed by atoms with Crippen LogP contribution in [-0.4, -0.2) is 60.0 Å². The Hall–Kier alpha value is -3.79. The number of carbonyl (C=O) groups excluding carboxylic acids is 1. The van der Waals surface area contributed by atoms with Gasteiger partial charge in [0.25, 0.3) is 0 Å². The first-order valence-electron chi connectivity index (χ1n) is 14.9. The molecule has 3 aromatic carbocycles. The number of nitrogens with one attached hydrogen (secondary N) is 1. The monoisotopic (exact) mass is 868 g/mol. The zero-order valence-electron chi connectivity index (χ0n) is 26.1. The molecule has 47 heavy (non-hydrogen) atoms. The van der Waals surface area contributed by atoms with Crippen molar-refractivity contribution in [2.75, 3.05) is 38.7 Å². The van der Waals surface area contributed by atoms with Gasteiger partial charge in [-0.15, -0.1) is 13.1 Å². The first kappa shape index (κ1) is 36.1. The average Bonchev–Trinajstić information content (AvgIpc) is 3.02. The van der Waals surface area contributed by atoms with E-state index in [1.807, 2.05) is 0 Å². The molecular formula is C34H36F2N6O4U. The van der Waals surface area contributed by atoms with Crippen LogP contribution < -0.4 is 25.3 Å². The number of hydrogen-bond acceptors (Lipinski definition) is 8. The van der Waals surface area contributed by atoms with Crippen LogP contribution in [0.15, 0.2) is 65.9 Å². The summed E-state index contributed by atoms with van der Waals surface area (Å²) in [5.74, 6) is -0.398. The molecule has 1 aliphatic carbocycles. The summed E-state index contributed by atoms with van der Waals surface area (Å²) in [5.41, 5.74) is 6.48. The number of aliphatic imine (C=N–C) groups is 1. The first-order chi connectivity index (χ1) is 22.3. The van der Waals surface area contributed by atoms with E-state index in [1.54, 1.807) is 12.1 Å². The van der Waals surface area contributed by atoms with Gasteiger partial charge < -0.3 is 44.0 Å². The molecular weight excluding hydrogens is 832 g/mol. The number of rotatable bonds is 14. The van der Waals surface area contributed by atoms with Gasteiger partial charge in [-0.1, -0.05) is 6.42 Å². The van der Waals surface area contributed by atoms with Crippen LogP contribution in [-0.2, 0) is 4.79 Å². The summed E-state index contributed by atoms with van der Waals surface area (Å²) in [5, 5.41) is 3.28. The van der Waals surface area contributed by atoms with Crippen molar-refractivity contribution in [3.63, 3.8) is 0 Å². The van der Waals surface area contributed by atoms with Crippen LogP contribution in [0.3, 0.4) is 0 Å². The van der Waals surface area contributed by atoms with E-state index in [4.69, 9.17) is 19.9 Å². The Bertz CT molecular complexity index is 1720. The summed E-state index contributed by atoms with van der Waals surface area (Å²) in [6, 6.07) is 13.0. The van der Waals surface area contributed by atoms with Crippen LogP contribution in [0.5, 0.6) is 23.1 Å². The van der Waals surface area contributed by atoms with Gasteiger partial charge in [-0.05, 0) is 68.3 Å². The van der Waals surface area contributed by atoms with Gasteiger partial charge >= 0.3 is 31.1 Å². The van der Waals surface area contributed by atoms with Gasteiger partial charge in [0, 0.05) is 17.8 Å². The number of anilines is 1. The van der Waals surface area contributed by atoms with E-state index in [-0.39, 0.29) is 60.2 Å². The Kier molecular flexibility index (Phi) is 12.5. The van der Waals surface area contributed by atoms with Gasteiger partial charge in [-0.25, -0.2) is 23.7 Å². The van der Waals surface area contributed by atoms with Crippen molar-refractivity contribution in [2.45, 2.75) is 25.7 Å². The fourth-order valence-corrected chi connectivity index (χ4v) is 5.11. The smallest absolute Gasteiger partial charge is 0.493 e. The normalized spacial score (nSPS) is 13.9. The number of amidine groups is 1. The van der Waals surface area contributed by atoms with Crippen LogP contribution in [0.1, 0.15) is 25.7 Å². The number of nitrogens with zero attached hydrogens (tertiary/aromatic N) is 4. The molecule has 13 heteroatoms. The van der Waals surface area contributed by atoms with Crippen LogP contribution in [0.25, 0.3) is 10.9 Å². The topological polar surface area (TPSA) is 124 Å². The van der Waals surface area contributed by atoms with Gasteiger partial charge in [-0.2, -0.15) is 0 Å². The Morgan fingerprint density at radius 2 is 1.79 bits per heavy atom. The Balaban J connectivity index is 0.00000500. The predicted octanol–water partition coefficient (Wildman–Crippen LogP) is 6.25. The standard InChI is InChI=1S/C34H36F2N6O4.U/c1-4-42(5-2)16-7-17-45-30-20-27-25(19-29(30)44-3)31(39-21-38-27)46-28-13-12-24(18-26(28)36)40-32(37)34(14-6-15-34)33(43)41-23-10-8-22(35)9-11-23;/h8-13,18-21H,1-2,4-7,14-17H2,3H3,(H2,37,40)(H,41,43);/q-2;+2. The van der Waals surface area contributed by atoms with Gasteiger partial charge in [0.05, 0.1) is 30.3 Å². The third-order valence-electron chi connectivity index (χ3n) is 8.00. The first-order valence-corrected chi connectivity index (χ1v) is 14.9. The second-order valence-corrected chi connectivity index (χ2v) is 10.9. The summed E-state index contributed by atoms with van der Waals surface area (Å²) >= 11 is 0. The number of methoxy groups -OCH3 is 1. The van der Waals surface area contributed by atoms with Crippen molar-refractivity contribution < 1.29 is 58.9 Å². The average molecular weight is 869 g/mol. The molecule has 0 radical (unpaired) electrons. The summed E-state index contributed by atoms with van der Waals surface area (Å²) in [6.07, 6.45) is 3.86. The van der Waals surface area contributed by atoms with Gasteiger partial charge in [0.2, 0.25) is 11.8 Å². The van der Waals surface area contributed by atoms with Crippen LogP contribution >= 0.6 is 0 Å². The predicted molar refractivity (Wildman–Crippen MR) is 172 cm³/mol. The van der Waals surface area contributed by atoms with Crippen molar-refractivity contribution in [3.05, 3.63) is 86.4 Å². The maximum absolute atomic E-state index is 15.3. The second kappa shape index (κ2) is 16.4. The van der Waals surface area contributed by atoms with E-state index < -0.39 is 17.0 Å². The molecule has 5 rings (SSSR count). The number of halogens is 2. The fourth-order valence-electron chi connectivity index (χ4n) is 5.11. The number of nitrogens with two attached hydrogens (primary N) is 1. The molecule has 10 nitrogen and oxygen atoms in total.